The number of Topliss-reactive ketones (excluding diaryl/α,β-unsaturated/α-hetero) is 1. The number of aromatic nitrogens is 1. The molecule has 1 N–H and O–H groups in total. The third-order valence-corrected chi connectivity index (χ3v) is 6.64. The lowest BCUT2D eigenvalue weighted by molar-refractivity contribution is -0.140. The summed E-state index contributed by atoms with van der Waals surface area (Å²) in [5.74, 6) is -0.487. The Kier molecular flexibility index (Phi) is 7.41. The summed E-state index contributed by atoms with van der Waals surface area (Å²) in [5, 5.41) is 11.4. The zero-order valence-corrected chi connectivity index (χ0v) is 21.7. The van der Waals surface area contributed by atoms with E-state index in [1.807, 2.05) is 37.3 Å². The molecule has 2 heterocycles. The second-order valence-corrected chi connectivity index (χ2v) is 9.37. The summed E-state index contributed by atoms with van der Waals surface area (Å²) < 4.78 is 11.3. The Hall–Kier alpha value is -4.91. The van der Waals surface area contributed by atoms with E-state index >= 15 is 0 Å². The van der Waals surface area contributed by atoms with Crippen LogP contribution in [-0.2, 0) is 22.7 Å². The molecule has 1 fully saturated rings. The first-order chi connectivity index (χ1) is 18.9. The van der Waals surface area contributed by atoms with Gasteiger partial charge in [0.1, 0.15) is 23.9 Å². The lowest BCUT2D eigenvalue weighted by Gasteiger charge is -2.25. The lowest BCUT2D eigenvalue weighted by Crippen LogP contribution is -2.29. The van der Waals surface area contributed by atoms with Crippen LogP contribution in [0.3, 0.4) is 0 Å². The third-order valence-electron chi connectivity index (χ3n) is 6.64. The van der Waals surface area contributed by atoms with Crippen molar-refractivity contribution in [3.05, 3.63) is 131 Å². The van der Waals surface area contributed by atoms with Crippen LogP contribution >= 0.6 is 0 Å². The molecular formula is C32H28N2O5. The van der Waals surface area contributed by atoms with E-state index in [9.17, 15) is 14.7 Å². The van der Waals surface area contributed by atoms with Crippen LogP contribution in [0, 0.1) is 6.92 Å². The van der Waals surface area contributed by atoms with Crippen LogP contribution in [-0.4, -0.2) is 33.8 Å². The van der Waals surface area contributed by atoms with Gasteiger partial charge in [-0.05, 0) is 66.1 Å². The van der Waals surface area contributed by atoms with Gasteiger partial charge in [0.2, 0.25) is 0 Å². The number of aliphatic hydroxyl groups is 1. The number of hydrogen-bond acceptors (Lipinski definition) is 6. The van der Waals surface area contributed by atoms with E-state index < -0.39 is 17.7 Å². The Bertz CT molecular complexity index is 1530. The van der Waals surface area contributed by atoms with Crippen molar-refractivity contribution < 1.29 is 24.2 Å². The third kappa shape index (κ3) is 5.52. The van der Waals surface area contributed by atoms with Crippen molar-refractivity contribution in [2.24, 2.45) is 0 Å². The highest BCUT2D eigenvalue weighted by molar-refractivity contribution is 6.46. The van der Waals surface area contributed by atoms with Crippen LogP contribution in [0.4, 0.5) is 0 Å². The first kappa shape index (κ1) is 25.7. The molecule has 1 aliphatic heterocycles. The van der Waals surface area contributed by atoms with Gasteiger partial charge in [0.05, 0.1) is 18.7 Å². The van der Waals surface area contributed by atoms with Gasteiger partial charge in [0, 0.05) is 24.5 Å². The second-order valence-electron chi connectivity index (χ2n) is 9.37. The van der Waals surface area contributed by atoms with E-state index in [4.69, 9.17) is 9.47 Å². The molecule has 0 aliphatic carbocycles. The van der Waals surface area contributed by atoms with Crippen LogP contribution in [0.1, 0.15) is 33.9 Å². The number of aryl methyl sites for hydroxylation is 1. The van der Waals surface area contributed by atoms with E-state index in [-0.39, 0.29) is 17.9 Å². The quantitative estimate of drug-likeness (QED) is 0.185. The molecule has 0 bridgehead atoms. The van der Waals surface area contributed by atoms with Gasteiger partial charge in [-0.1, -0.05) is 48.0 Å². The van der Waals surface area contributed by atoms with Crippen molar-refractivity contribution in [2.45, 2.75) is 26.1 Å². The molecule has 1 aliphatic rings. The van der Waals surface area contributed by atoms with Gasteiger partial charge in [-0.2, -0.15) is 0 Å². The molecule has 0 radical (unpaired) electrons. The fraction of sp³-hybridized carbons (Fsp3) is 0.156. The Morgan fingerprint density at radius 2 is 1.69 bits per heavy atom. The summed E-state index contributed by atoms with van der Waals surface area (Å²) in [6.07, 6.45) is 3.29. The minimum absolute atomic E-state index is 0.0190. The number of rotatable bonds is 8. The van der Waals surface area contributed by atoms with Crippen molar-refractivity contribution in [1.29, 1.82) is 0 Å². The molecule has 196 valence electrons. The maximum Gasteiger partial charge on any atom is 0.295 e. The highest BCUT2D eigenvalue weighted by atomic mass is 16.5. The monoisotopic (exact) mass is 520 g/mol. The van der Waals surface area contributed by atoms with Gasteiger partial charge in [-0.15, -0.1) is 0 Å². The van der Waals surface area contributed by atoms with E-state index in [1.54, 1.807) is 68.0 Å². The predicted molar refractivity (Wildman–Crippen MR) is 147 cm³/mol. The summed E-state index contributed by atoms with van der Waals surface area (Å²) in [6, 6.07) is 24.8. The Labute approximate surface area is 227 Å². The molecule has 7 nitrogen and oxygen atoms in total. The molecule has 0 saturated carbocycles. The summed E-state index contributed by atoms with van der Waals surface area (Å²) in [6.45, 7) is 2.59. The van der Waals surface area contributed by atoms with E-state index in [2.05, 4.69) is 11.1 Å². The number of likely N-dealkylation sites (tertiary alicyclic amines) is 1. The molecular weight excluding hydrogens is 492 g/mol. The average Bonchev–Trinajstić information content (AvgIpc) is 3.21. The molecule has 0 unspecified atom stereocenters. The molecule has 3 aromatic carbocycles. The number of ketones is 1. The minimum atomic E-state index is -0.808. The molecule has 1 amide bonds. The van der Waals surface area contributed by atoms with Gasteiger partial charge >= 0.3 is 0 Å². The largest absolute Gasteiger partial charge is 0.507 e. The number of carbonyl (C=O) groups excluding carboxylic acids is 2. The molecule has 5 rings (SSSR count). The van der Waals surface area contributed by atoms with Crippen molar-refractivity contribution in [2.75, 3.05) is 7.11 Å². The molecule has 39 heavy (non-hydrogen) atoms. The van der Waals surface area contributed by atoms with E-state index in [0.29, 0.717) is 29.2 Å². The summed E-state index contributed by atoms with van der Waals surface area (Å²) in [7, 11) is 1.55. The van der Waals surface area contributed by atoms with Crippen LogP contribution in [0.5, 0.6) is 11.5 Å². The standard InChI is InChI=1S/C32H28N2O5/c1-21-6-3-7-22(16-21)20-39-26-13-11-24(12-14-26)30(35)28-29(25-9-4-10-27(17-25)38-2)34(32(37)31(28)36)19-23-8-5-15-33-18-23/h3-18,29,35H,19-20H2,1-2H3/t29-/m0/s1. The lowest BCUT2D eigenvalue weighted by atomic mass is 9.95. The van der Waals surface area contributed by atoms with Crippen molar-refractivity contribution in [1.82, 2.24) is 9.88 Å². The Morgan fingerprint density at radius 1 is 0.923 bits per heavy atom. The Balaban J connectivity index is 1.48. The van der Waals surface area contributed by atoms with Crippen LogP contribution < -0.4 is 9.47 Å². The number of carbonyl (C=O) groups is 2. The highest BCUT2D eigenvalue weighted by Crippen LogP contribution is 2.41. The van der Waals surface area contributed by atoms with Gasteiger partial charge in [-0.3, -0.25) is 14.6 Å². The van der Waals surface area contributed by atoms with Crippen molar-refractivity contribution in [3.8, 4) is 11.5 Å². The molecule has 7 heteroatoms. The number of nitrogens with zero attached hydrogens (tertiary/aromatic N) is 2. The maximum atomic E-state index is 13.3. The first-order valence-corrected chi connectivity index (χ1v) is 12.5. The highest BCUT2D eigenvalue weighted by Gasteiger charge is 2.46. The molecule has 1 atom stereocenters. The van der Waals surface area contributed by atoms with Crippen molar-refractivity contribution >= 4 is 17.4 Å². The minimum Gasteiger partial charge on any atom is -0.507 e. The van der Waals surface area contributed by atoms with Gasteiger partial charge in [0.25, 0.3) is 11.7 Å². The Morgan fingerprint density at radius 3 is 2.41 bits per heavy atom. The maximum absolute atomic E-state index is 13.3. The summed E-state index contributed by atoms with van der Waals surface area (Å²) in [4.78, 5) is 32.2. The SMILES string of the molecule is COc1cccc([C@H]2C(=C(O)c3ccc(OCc4cccc(C)c4)cc3)C(=O)C(=O)N2Cc2cccnc2)c1. The second kappa shape index (κ2) is 11.2. The fourth-order valence-electron chi connectivity index (χ4n) is 4.72. The zero-order valence-electron chi connectivity index (χ0n) is 21.7. The number of pyridine rings is 1. The predicted octanol–water partition coefficient (Wildman–Crippen LogP) is 5.60. The van der Waals surface area contributed by atoms with Gasteiger partial charge in [0.15, 0.2) is 0 Å². The number of aliphatic hydroxyl groups excluding tert-OH is 1. The van der Waals surface area contributed by atoms with Crippen molar-refractivity contribution in [3.63, 3.8) is 0 Å². The molecule has 1 aromatic heterocycles. The number of benzene rings is 3. The number of ether oxygens (including phenoxy) is 2. The van der Waals surface area contributed by atoms with Crippen LogP contribution in [0.15, 0.2) is 103 Å². The first-order valence-electron chi connectivity index (χ1n) is 12.5. The van der Waals surface area contributed by atoms with Gasteiger partial charge in [-0.25, -0.2) is 0 Å². The average molecular weight is 521 g/mol. The smallest absolute Gasteiger partial charge is 0.295 e. The summed E-state index contributed by atoms with van der Waals surface area (Å²) >= 11 is 0. The molecule has 1 saturated heterocycles. The fourth-order valence-corrected chi connectivity index (χ4v) is 4.72. The van der Waals surface area contributed by atoms with Crippen LogP contribution in [0.2, 0.25) is 0 Å². The van der Waals surface area contributed by atoms with Gasteiger partial charge < -0.3 is 19.5 Å². The summed E-state index contributed by atoms with van der Waals surface area (Å²) in [5.41, 5.74) is 4.05. The molecule has 4 aromatic rings. The number of methoxy groups -OCH3 is 1. The zero-order chi connectivity index (χ0) is 27.4. The van der Waals surface area contributed by atoms with Crippen LogP contribution in [0.25, 0.3) is 5.76 Å². The number of hydrogen-bond donors (Lipinski definition) is 1. The normalized spacial score (nSPS) is 16.4. The number of amides is 1. The topological polar surface area (TPSA) is 89.0 Å². The molecule has 0 spiro atoms. The van der Waals surface area contributed by atoms with E-state index in [1.165, 1.54) is 4.90 Å². The van der Waals surface area contributed by atoms with E-state index in [0.717, 1.165) is 16.7 Å².